The fraction of sp³-hybridized carbons (Fsp3) is 0.308. The molecule has 0 saturated carbocycles. The smallest absolute Gasteiger partial charge is 0.282 e. The predicted molar refractivity (Wildman–Crippen MR) is 135 cm³/mol. The second kappa shape index (κ2) is 8.90. The first-order chi connectivity index (χ1) is 17.0. The number of benzene rings is 2. The molecule has 178 valence electrons. The third kappa shape index (κ3) is 4.21. The van der Waals surface area contributed by atoms with E-state index in [0.29, 0.717) is 37.5 Å². The number of carbonyl (C=O) groups is 3. The zero-order valence-electron chi connectivity index (χ0n) is 19.1. The molecule has 3 amide bonds. The zero-order valence-corrected chi connectivity index (χ0v) is 20.0. The highest BCUT2D eigenvalue weighted by Gasteiger charge is 2.36. The molecule has 0 aliphatic carbocycles. The van der Waals surface area contributed by atoms with E-state index in [9.17, 15) is 14.4 Å². The molecule has 9 heteroatoms. The number of anilines is 2. The summed E-state index contributed by atoms with van der Waals surface area (Å²) in [5.41, 5.74) is 4.79. The average molecular weight is 488 g/mol. The number of nitrogens with zero attached hydrogens (tertiary/aromatic N) is 4. The Kier molecular flexibility index (Phi) is 5.58. The Labute approximate surface area is 207 Å². The van der Waals surface area contributed by atoms with Crippen LogP contribution >= 0.6 is 11.3 Å². The van der Waals surface area contributed by atoms with Gasteiger partial charge in [0.1, 0.15) is 0 Å². The first-order valence-corrected chi connectivity index (χ1v) is 12.7. The van der Waals surface area contributed by atoms with Crippen LogP contribution in [-0.2, 0) is 16.0 Å². The average Bonchev–Trinajstić information content (AvgIpc) is 3.63. The second-order valence-corrected chi connectivity index (χ2v) is 10.1. The van der Waals surface area contributed by atoms with Gasteiger partial charge in [-0.15, -0.1) is 11.3 Å². The Hall–Kier alpha value is -3.56. The Bertz CT molecular complexity index is 1300. The number of hydrogen-bond donors (Lipinski definition) is 1. The lowest BCUT2D eigenvalue weighted by Gasteiger charge is -2.37. The van der Waals surface area contributed by atoms with Crippen LogP contribution in [0.2, 0.25) is 0 Å². The van der Waals surface area contributed by atoms with Crippen LogP contribution in [0.25, 0.3) is 11.1 Å². The highest BCUT2D eigenvalue weighted by molar-refractivity contribution is 7.11. The molecule has 6 rings (SSSR count). The normalized spacial score (nSPS) is 20.3. The molecule has 3 aliphatic heterocycles. The van der Waals surface area contributed by atoms with E-state index >= 15 is 0 Å². The number of rotatable bonds is 4. The van der Waals surface area contributed by atoms with Gasteiger partial charge in [-0.1, -0.05) is 24.3 Å². The van der Waals surface area contributed by atoms with E-state index in [1.807, 2.05) is 57.6 Å². The molecule has 1 aromatic heterocycles. The van der Waals surface area contributed by atoms with Crippen LogP contribution in [0.3, 0.4) is 0 Å². The van der Waals surface area contributed by atoms with E-state index in [4.69, 9.17) is 0 Å². The quantitative estimate of drug-likeness (QED) is 0.612. The molecule has 1 atom stereocenters. The topological polar surface area (TPSA) is 85.9 Å². The molecule has 0 bridgehead atoms. The van der Waals surface area contributed by atoms with Crippen molar-refractivity contribution in [2.24, 2.45) is 0 Å². The van der Waals surface area contributed by atoms with Gasteiger partial charge in [0.2, 0.25) is 11.8 Å². The lowest BCUT2D eigenvalue weighted by molar-refractivity contribution is -0.117. The number of fused-ring (bicyclic) bond motifs is 1. The van der Waals surface area contributed by atoms with E-state index in [-0.39, 0.29) is 23.8 Å². The fourth-order valence-corrected chi connectivity index (χ4v) is 5.79. The first-order valence-electron chi connectivity index (χ1n) is 11.8. The third-order valence-electron chi connectivity index (χ3n) is 7.06. The molecule has 35 heavy (non-hydrogen) atoms. The Morgan fingerprint density at radius 2 is 1.86 bits per heavy atom. The molecule has 3 aromatic rings. The number of piperazine rings is 1. The van der Waals surface area contributed by atoms with Crippen molar-refractivity contribution in [2.45, 2.75) is 18.9 Å². The van der Waals surface area contributed by atoms with E-state index in [1.54, 1.807) is 6.20 Å². The molecule has 1 N–H and O–H groups in total. The number of aromatic nitrogens is 1. The van der Waals surface area contributed by atoms with Gasteiger partial charge < -0.3 is 15.1 Å². The maximum Gasteiger partial charge on any atom is 0.282 e. The Morgan fingerprint density at radius 3 is 2.66 bits per heavy atom. The molecule has 2 aromatic carbocycles. The molecule has 4 heterocycles. The summed E-state index contributed by atoms with van der Waals surface area (Å²) in [6.07, 6.45) is 2.56. The number of amides is 3. The van der Waals surface area contributed by atoms with Crippen molar-refractivity contribution in [3.8, 4) is 11.1 Å². The SMILES string of the molecule is O=C1Cc2ccc(-c3cccc(N4CC(N5CCN(C(=O)c6nccs6)CC5)CC4=O)c3)cc2N1. The highest BCUT2D eigenvalue weighted by atomic mass is 32.1. The molecule has 3 aliphatic rings. The minimum Gasteiger partial charge on any atom is -0.334 e. The van der Waals surface area contributed by atoms with Gasteiger partial charge in [-0.05, 0) is 34.9 Å². The number of hydrogen-bond acceptors (Lipinski definition) is 6. The number of carbonyl (C=O) groups excluding carboxylic acids is 3. The third-order valence-corrected chi connectivity index (χ3v) is 7.82. The van der Waals surface area contributed by atoms with Crippen molar-refractivity contribution in [2.75, 3.05) is 42.9 Å². The monoisotopic (exact) mass is 487 g/mol. The van der Waals surface area contributed by atoms with Gasteiger partial charge >= 0.3 is 0 Å². The summed E-state index contributed by atoms with van der Waals surface area (Å²) in [6.45, 7) is 3.44. The maximum atomic E-state index is 13.0. The number of nitrogens with one attached hydrogen (secondary N) is 1. The molecular weight excluding hydrogens is 462 g/mol. The van der Waals surface area contributed by atoms with Crippen molar-refractivity contribution >= 4 is 40.4 Å². The standard InChI is InChI=1S/C26H25N5O3S/c32-23-14-19-5-4-18(13-22(19)28-23)17-2-1-3-20(12-17)31-16-21(15-24(31)33)29-7-9-30(10-8-29)26(34)25-27-6-11-35-25/h1-6,11-13,21H,7-10,14-16H2,(H,28,32). The van der Waals surface area contributed by atoms with Gasteiger partial charge in [0.15, 0.2) is 5.01 Å². The molecule has 2 saturated heterocycles. The fourth-order valence-electron chi connectivity index (χ4n) is 5.18. The van der Waals surface area contributed by atoms with Gasteiger partial charge in [-0.25, -0.2) is 4.98 Å². The van der Waals surface area contributed by atoms with Crippen LogP contribution in [0.4, 0.5) is 11.4 Å². The van der Waals surface area contributed by atoms with E-state index in [1.165, 1.54) is 11.3 Å². The van der Waals surface area contributed by atoms with Crippen LogP contribution in [0.1, 0.15) is 21.8 Å². The van der Waals surface area contributed by atoms with E-state index in [0.717, 1.165) is 41.2 Å². The molecule has 1 unspecified atom stereocenters. The summed E-state index contributed by atoms with van der Waals surface area (Å²) in [4.78, 5) is 47.4. The van der Waals surface area contributed by atoms with Gasteiger partial charge in [0.25, 0.3) is 5.91 Å². The highest BCUT2D eigenvalue weighted by Crippen LogP contribution is 2.33. The molecular formula is C26H25N5O3S. The van der Waals surface area contributed by atoms with Gasteiger partial charge in [-0.3, -0.25) is 19.3 Å². The van der Waals surface area contributed by atoms with Crippen LogP contribution < -0.4 is 10.2 Å². The number of thiazole rings is 1. The summed E-state index contributed by atoms with van der Waals surface area (Å²) in [5.74, 6) is 0.134. The van der Waals surface area contributed by atoms with Crippen molar-refractivity contribution in [1.82, 2.24) is 14.8 Å². The Balaban J connectivity index is 1.13. The summed E-state index contributed by atoms with van der Waals surface area (Å²) in [6, 6.07) is 14.2. The lowest BCUT2D eigenvalue weighted by Crippen LogP contribution is -2.52. The summed E-state index contributed by atoms with van der Waals surface area (Å²) in [7, 11) is 0. The minimum absolute atomic E-state index is 0.00768. The second-order valence-electron chi connectivity index (χ2n) is 9.17. The van der Waals surface area contributed by atoms with Crippen molar-refractivity contribution in [1.29, 1.82) is 0 Å². The minimum atomic E-state index is -0.00768. The van der Waals surface area contributed by atoms with Crippen molar-refractivity contribution in [3.63, 3.8) is 0 Å². The van der Waals surface area contributed by atoms with Crippen LogP contribution in [-0.4, -0.2) is 71.3 Å². The van der Waals surface area contributed by atoms with Crippen molar-refractivity contribution < 1.29 is 14.4 Å². The van der Waals surface area contributed by atoms with Crippen LogP contribution in [0.5, 0.6) is 0 Å². The molecule has 8 nitrogen and oxygen atoms in total. The lowest BCUT2D eigenvalue weighted by atomic mass is 10.0. The molecule has 2 fully saturated rings. The summed E-state index contributed by atoms with van der Waals surface area (Å²) < 4.78 is 0. The molecule has 0 radical (unpaired) electrons. The molecule has 0 spiro atoms. The van der Waals surface area contributed by atoms with Crippen LogP contribution in [0.15, 0.2) is 54.0 Å². The zero-order chi connectivity index (χ0) is 23.9. The van der Waals surface area contributed by atoms with Crippen molar-refractivity contribution in [3.05, 3.63) is 64.6 Å². The predicted octanol–water partition coefficient (Wildman–Crippen LogP) is 2.87. The van der Waals surface area contributed by atoms with Gasteiger partial charge in [0, 0.05) is 68.1 Å². The Morgan fingerprint density at radius 1 is 1.03 bits per heavy atom. The van der Waals surface area contributed by atoms with E-state index in [2.05, 4.69) is 15.2 Å². The largest absolute Gasteiger partial charge is 0.334 e. The maximum absolute atomic E-state index is 13.0. The van der Waals surface area contributed by atoms with Crippen LogP contribution in [0, 0.1) is 0 Å². The van der Waals surface area contributed by atoms with E-state index < -0.39 is 0 Å². The first kappa shape index (κ1) is 21.9. The van der Waals surface area contributed by atoms with Gasteiger partial charge in [0.05, 0.1) is 6.42 Å². The summed E-state index contributed by atoms with van der Waals surface area (Å²) >= 11 is 1.37. The van der Waals surface area contributed by atoms with Gasteiger partial charge in [-0.2, -0.15) is 0 Å². The summed E-state index contributed by atoms with van der Waals surface area (Å²) in [5, 5.41) is 5.26.